The molecule has 96 valence electrons. The topological polar surface area (TPSA) is 32.3 Å². The van der Waals surface area contributed by atoms with Crippen LogP contribution in [0.2, 0.25) is 0 Å². The first-order valence-electron chi connectivity index (χ1n) is 6.94. The molecule has 0 atom stereocenters. The van der Waals surface area contributed by atoms with Gasteiger partial charge in [0.05, 0.1) is 6.61 Å². The Kier molecular flexibility index (Phi) is 5.77. The Morgan fingerprint density at radius 2 is 1.94 bits per heavy atom. The van der Waals surface area contributed by atoms with Gasteiger partial charge in [-0.1, -0.05) is 20.8 Å². The van der Waals surface area contributed by atoms with Gasteiger partial charge in [-0.15, -0.1) is 0 Å². The molecule has 0 amide bonds. The maximum atomic E-state index is 9.57. The van der Waals surface area contributed by atoms with Crippen LogP contribution in [0.5, 0.6) is 0 Å². The van der Waals surface area contributed by atoms with Crippen LogP contribution in [0.25, 0.3) is 0 Å². The largest absolute Gasteiger partial charge is 0.394 e. The van der Waals surface area contributed by atoms with E-state index in [4.69, 9.17) is 0 Å². The molecule has 0 aromatic carbocycles. The van der Waals surface area contributed by atoms with E-state index >= 15 is 0 Å². The Morgan fingerprint density at radius 1 is 1.31 bits per heavy atom. The van der Waals surface area contributed by atoms with Gasteiger partial charge in [-0.2, -0.15) is 0 Å². The lowest BCUT2D eigenvalue weighted by atomic mass is 9.77. The highest BCUT2D eigenvalue weighted by molar-refractivity contribution is 4.91. The van der Waals surface area contributed by atoms with Crippen molar-refractivity contribution in [2.45, 2.75) is 64.8 Å². The highest BCUT2D eigenvalue weighted by atomic mass is 16.3. The first kappa shape index (κ1) is 14.0. The molecule has 0 saturated heterocycles. The predicted octanol–water partition coefficient (Wildman–Crippen LogP) is 2.95. The minimum Gasteiger partial charge on any atom is -0.394 e. The van der Waals surface area contributed by atoms with E-state index in [0.717, 1.165) is 31.2 Å². The second kappa shape index (κ2) is 6.61. The van der Waals surface area contributed by atoms with Crippen LogP contribution in [-0.2, 0) is 0 Å². The third-order valence-corrected chi connectivity index (χ3v) is 3.99. The van der Waals surface area contributed by atoms with Gasteiger partial charge in [-0.05, 0) is 56.9 Å². The van der Waals surface area contributed by atoms with Crippen LogP contribution in [0.1, 0.15) is 59.3 Å². The van der Waals surface area contributed by atoms with Gasteiger partial charge in [0.15, 0.2) is 0 Å². The van der Waals surface area contributed by atoms with Crippen LogP contribution in [0.4, 0.5) is 0 Å². The van der Waals surface area contributed by atoms with E-state index in [-0.39, 0.29) is 5.54 Å². The summed E-state index contributed by atoms with van der Waals surface area (Å²) in [5.41, 5.74) is 0.0451. The molecule has 2 N–H and O–H groups in total. The molecule has 0 heterocycles. The molecule has 0 spiro atoms. The average molecular weight is 227 g/mol. The smallest absolute Gasteiger partial charge is 0.0613 e. The highest BCUT2D eigenvalue weighted by Crippen LogP contribution is 2.31. The molecule has 1 saturated carbocycles. The summed E-state index contributed by atoms with van der Waals surface area (Å²) in [5.74, 6) is 1.63. The summed E-state index contributed by atoms with van der Waals surface area (Å²) in [7, 11) is 0. The third-order valence-electron chi connectivity index (χ3n) is 3.99. The summed E-state index contributed by atoms with van der Waals surface area (Å²) in [6, 6.07) is 0. The summed E-state index contributed by atoms with van der Waals surface area (Å²) >= 11 is 0. The van der Waals surface area contributed by atoms with Crippen molar-refractivity contribution in [1.82, 2.24) is 5.32 Å². The maximum Gasteiger partial charge on any atom is 0.0613 e. The third kappa shape index (κ3) is 4.42. The molecule has 1 fully saturated rings. The molecule has 0 bridgehead atoms. The van der Waals surface area contributed by atoms with Gasteiger partial charge in [-0.3, -0.25) is 0 Å². The van der Waals surface area contributed by atoms with E-state index in [1.807, 2.05) is 0 Å². The molecule has 2 nitrogen and oxygen atoms in total. The summed E-state index contributed by atoms with van der Waals surface area (Å²) in [6.45, 7) is 8.22. The molecule has 1 aliphatic rings. The lowest BCUT2D eigenvalue weighted by molar-refractivity contribution is 0.105. The number of aliphatic hydroxyl groups excluding tert-OH is 1. The second-order valence-electron chi connectivity index (χ2n) is 6.08. The van der Waals surface area contributed by atoms with Crippen molar-refractivity contribution < 1.29 is 5.11 Å². The number of hydrogen-bond acceptors (Lipinski definition) is 2. The molecule has 0 radical (unpaired) electrons. The lowest BCUT2D eigenvalue weighted by Crippen LogP contribution is -2.51. The summed E-state index contributed by atoms with van der Waals surface area (Å²) in [4.78, 5) is 0. The minimum atomic E-state index is 0.0451. The quantitative estimate of drug-likeness (QED) is 0.684. The molecule has 0 aliphatic heterocycles. The van der Waals surface area contributed by atoms with E-state index in [9.17, 15) is 5.11 Å². The predicted molar refractivity (Wildman–Crippen MR) is 69.5 cm³/mol. The average Bonchev–Trinajstić information content (AvgIpc) is 2.27. The molecule has 16 heavy (non-hydrogen) atoms. The molecule has 0 aromatic rings. The van der Waals surface area contributed by atoms with E-state index < -0.39 is 0 Å². The maximum absolute atomic E-state index is 9.57. The molecule has 1 rings (SSSR count). The summed E-state index contributed by atoms with van der Waals surface area (Å²) in [5, 5.41) is 13.2. The second-order valence-corrected chi connectivity index (χ2v) is 6.08. The number of nitrogens with one attached hydrogen (secondary N) is 1. The Labute approximate surface area is 101 Å². The lowest BCUT2D eigenvalue weighted by Gasteiger charge is -2.39. The van der Waals surface area contributed by atoms with Crippen molar-refractivity contribution in [2.75, 3.05) is 13.2 Å². The van der Waals surface area contributed by atoms with Crippen molar-refractivity contribution in [1.29, 1.82) is 0 Å². The molecule has 1 aliphatic carbocycles. The van der Waals surface area contributed by atoms with Crippen LogP contribution in [0, 0.1) is 11.8 Å². The Morgan fingerprint density at radius 3 is 2.44 bits per heavy atom. The molecule has 0 aromatic heterocycles. The fourth-order valence-electron chi connectivity index (χ4n) is 2.57. The molecule has 2 heteroatoms. The van der Waals surface area contributed by atoms with Crippen LogP contribution < -0.4 is 5.32 Å². The van der Waals surface area contributed by atoms with Crippen LogP contribution in [0.15, 0.2) is 0 Å². The zero-order chi connectivity index (χ0) is 12.0. The highest BCUT2D eigenvalue weighted by Gasteiger charge is 2.32. The normalized spacial score (nSPS) is 30.9. The van der Waals surface area contributed by atoms with Gasteiger partial charge >= 0.3 is 0 Å². The fourth-order valence-corrected chi connectivity index (χ4v) is 2.57. The van der Waals surface area contributed by atoms with E-state index in [1.165, 1.54) is 25.7 Å². The Bertz CT molecular complexity index is 183. The fraction of sp³-hybridized carbons (Fsp3) is 1.00. The van der Waals surface area contributed by atoms with Gasteiger partial charge in [-0.25, -0.2) is 0 Å². The van der Waals surface area contributed by atoms with Crippen molar-refractivity contribution in [3.05, 3.63) is 0 Å². The van der Waals surface area contributed by atoms with Crippen LogP contribution in [-0.4, -0.2) is 23.8 Å². The molecular weight excluding hydrogens is 198 g/mol. The SMILES string of the molecule is CC(C)CCCNC1(CO)CCC(C)CC1. The number of aliphatic hydroxyl groups is 1. The summed E-state index contributed by atoms with van der Waals surface area (Å²) in [6.07, 6.45) is 7.33. The van der Waals surface area contributed by atoms with Crippen molar-refractivity contribution in [3.63, 3.8) is 0 Å². The Hall–Kier alpha value is -0.0800. The van der Waals surface area contributed by atoms with Crippen molar-refractivity contribution in [3.8, 4) is 0 Å². The van der Waals surface area contributed by atoms with Crippen LogP contribution >= 0.6 is 0 Å². The number of hydrogen-bond donors (Lipinski definition) is 2. The standard InChI is InChI=1S/C14H29NO/c1-12(2)5-4-10-15-14(11-16)8-6-13(3)7-9-14/h12-13,15-16H,4-11H2,1-3H3. The van der Waals surface area contributed by atoms with Crippen molar-refractivity contribution >= 4 is 0 Å². The van der Waals surface area contributed by atoms with Crippen molar-refractivity contribution in [2.24, 2.45) is 11.8 Å². The van der Waals surface area contributed by atoms with Gasteiger partial charge < -0.3 is 10.4 Å². The zero-order valence-corrected chi connectivity index (χ0v) is 11.3. The van der Waals surface area contributed by atoms with Crippen LogP contribution in [0.3, 0.4) is 0 Å². The summed E-state index contributed by atoms with van der Waals surface area (Å²) < 4.78 is 0. The monoisotopic (exact) mass is 227 g/mol. The zero-order valence-electron chi connectivity index (χ0n) is 11.3. The molecule has 0 unspecified atom stereocenters. The van der Waals surface area contributed by atoms with Gasteiger partial charge in [0.1, 0.15) is 0 Å². The Balaban J connectivity index is 2.25. The van der Waals surface area contributed by atoms with E-state index in [0.29, 0.717) is 6.61 Å². The molecular formula is C14H29NO. The number of rotatable bonds is 6. The van der Waals surface area contributed by atoms with E-state index in [1.54, 1.807) is 0 Å². The minimum absolute atomic E-state index is 0.0451. The van der Waals surface area contributed by atoms with Gasteiger partial charge in [0.2, 0.25) is 0 Å². The van der Waals surface area contributed by atoms with Gasteiger partial charge in [0.25, 0.3) is 0 Å². The first-order valence-corrected chi connectivity index (χ1v) is 6.94. The van der Waals surface area contributed by atoms with E-state index in [2.05, 4.69) is 26.1 Å². The van der Waals surface area contributed by atoms with Gasteiger partial charge in [0, 0.05) is 5.54 Å². The first-order chi connectivity index (χ1) is 7.58.